The maximum atomic E-state index is 8.99. The summed E-state index contributed by atoms with van der Waals surface area (Å²) in [6.45, 7) is 0.356. The van der Waals surface area contributed by atoms with Crippen LogP contribution in [0.25, 0.3) is 0 Å². The average Bonchev–Trinajstić information content (AvgIpc) is 2.04. The van der Waals surface area contributed by atoms with Crippen LogP contribution in [0.15, 0.2) is 30.3 Å². The van der Waals surface area contributed by atoms with Gasteiger partial charge in [0.25, 0.3) is 0 Å². The third kappa shape index (κ3) is 4.62. The molecule has 0 unspecified atom stereocenters. The summed E-state index contributed by atoms with van der Waals surface area (Å²) in [7, 11) is 1.35. The predicted molar refractivity (Wildman–Crippen MR) is 49.4 cm³/mol. The first-order valence-electron chi connectivity index (χ1n) is 4.43. The Hall–Kier alpha value is -0.900. The van der Waals surface area contributed by atoms with Crippen LogP contribution in [0.1, 0.15) is 12.0 Å². The quantitative estimate of drug-likeness (QED) is 0.551. The molecule has 0 aliphatic carbocycles. The Morgan fingerprint density at radius 1 is 1.15 bits per heavy atom. The van der Waals surface area contributed by atoms with Crippen molar-refractivity contribution in [1.82, 2.24) is 0 Å². The molecular weight excluding hydrogens is 166 g/mol. The monoisotopic (exact) mass is 182 g/mol. The van der Waals surface area contributed by atoms with Gasteiger partial charge in [-0.15, -0.1) is 0 Å². The van der Waals surface area contributed by atoms with Crippen molar-refractivity contribution < 1.29 is 15.2 Å². The zero-order valence-electron chi connectivity index (χ0n) is 7.85. The van der Waals surface area contributed by atoms with Gasteiger partial charge in [0.05, 0.1) is 0 Å². The summed E-state index contributed by atoms with van der Waals surface area (Å²) in [5.41, 5.74) is 1.23. The van der Waals surface area contributed by atoms with Crippen LogP contribution in [-0.4, -0.2) is 28.8 Å². The second-order valence-electron chi connectivity index (χ2n) is 3.40. The molecule has 0 aliphatic heterocycles. The van der Waals surface area contributed by atoms with E-state index in [-0.39, 0.29) is 0 Å². The molecule has 0 radical (unpaired) electrons. The molecule has 0 heterocycles. The van der Waals surface area contributed by atoms with Gasteiger partial charge in [0.15, 0.2) is 0 Å². The molecule has 0 aromatic heterocycles. The van der Waals surface area contributed by atoms with Gasteiger partial charge in [-0.05, 0) is 12.0 Å². The summed E-state index contributed by atoms with van der Waals surface area (Å²) >= 11 is 0. The van der Waals surface area contributed by atoms with Crippen LogP contribution in [0.4, 0.5) is 0 Å². The van der Waals surface area contributed by atoms with Crippen LogP contribution >= 0.6 is 0 Å². The van der Waals surface area contributed by atoms with Crippen molar-refractivity contribution in [2.45, 2.75) is 12.8 Å². The standard InChI is InChI=1S/C10H16NO2/c1-11(12,13)9-5-8-10-6-3-2-4-7-10/h2-4,6-7,12-13H,5,8-9H2,1H3/q+1. The third-order valence-corrected chi connectivity index (χ3v) is 1.89. The number of hydrogen-bond acceptors (Lipinski definition) is 2. The number of quaternary nitrogens is 1. The van der Waals surface area contributed by atoms with E-state index in [1.54, 1.807) is 0 Å². The summed E-state index contributed by atoms with van der Waals surface area (Å²) in [6, 6.07) is 10.0. The van der Waals surface area contributed by atoms with E-state index in [0.29, 0.717) is 6.54 Å². The molecule has 1 aromatic carbocycles. The molecule has 13 heavy (non-hydrogen) atoms. The first kappa shape index (κ1) is 10.2. The molecule has 0 atom stereocenters. The Balaban J connectivity index is 2.29. The molecular formula is C10H16NO2+. The Morgan fingerprint density at radius 3 is 2.31 bits per heavy atom. The second-order valence-corrected chi connectivity index (χ2v) is 3.40. The first-order valence-corrected chi connectivity index (χ1v) is 4.43. The van der Waals surface area contributed by atoms with Crippen molar-refractivity contribution in [3.63, 3.8) is 0 Å². The molecule has 0 spiro atoms. The number of aryl methyl sites for hydroxylation is 1. The predicted octanol–water partition coefficient (Wildman–Crippen LogP) is 1.84. The highest BCUT2D eigenvalue weighted by molar-refractivity contribution is 5.14. The van der Waals surface area contributed by atoms with Crippen molar-refractivity contribution in [2.24, 2.45) is 0 Å². The Bertz CT molecular complexity index is 241. The van der Waals surface area contributed by atoms with Gasteiger partial charge in [-0.3, -0.25) is 0 Å². The van der Waals surface area contributed by atoms with E-state index >= 15 is 0 Å². The van der Waals surface area contributed by atoms with Gasteiger partial charge in [0.2, 0.25) is 0 Å². The molecule has 0 bridgehead atoms. The summed E-state index contributed by atoms with van der Waals surface area (Å²) in [5.74, 6) is 0. The van der Waals surface area contributed by atoms with Gasteiger partial charge >= 0.3 is 0 Å². The fourth-order valence-corrected chi connectivity index (χ4v) is 1.23. The number of rotatable bonds is 4. The summed E-state index contributed by atoms with van der Waals surface area (Å²) in [4.78, 5) is -0.938. The molecule has 2 N–H and O–H groups in total. The van der Waals surface area contributed by atoms with Crippen molar-refractivity contribution in [3.05, 3.63) is 35.9 Å². The van der Waals surface area contributed by atoms with Crippen LogP contribution in [0.3, 0.4) is 0 Å². The van der Waals surface area contributed by atoms with E-state index in [9.17, 15) is 0 Å². The van der Waals surface area contributed by atoms with Crippen LogP contribution in [0.5, 0.6) is 0 Å². The number of hydrogen-bond donors (Lipinski definition) is 2. The minimum absolute atomic E-state index is 0.356. The normalized spacial score (nSPS) is 11.6. The zero-order chi connectivity index (χ0) is 9.73. The molecule has 72 valence electrons. The molecule has 0 aliphatic rings. The van der Waals surface area contributed by atoms with E-state index in [4.69, 9.17) is 10.4 Å². The van der Waals surface area contributed by atoms with E-state index in [2.05, 4.69) is 0 Å². The van der Waals surface area contributed by atoms with Crippen LogP contribution in [0, 0.1) is 0 Å². The zero-order valence-corrected chi connectivity index (χ0v) is 7.85. The number of hydroxylamine groups is 4. The topological polar surface area (TPSA) is 40.5 Å². The Labute approximate surface area is 78.4 Å². The lowest BCUT2D eigenvalue weighted by Gasteiger charge is -2.14. The molecule has 1 rings (SSSR count). The maximum Gasteiger partial charge on any atom is 0.142 e. The van der Waals surface area contributed by atoms with E-state index < -0.39 is 4.81 Å². The maximum absolute atomic E-state index is 8.99. The lowest BCUT2D eigenvalue weighted by molar-refractivity contribution is -1.23. The molecule has 0 amide bonds. The molecule has 3 heteroatoms. The molecule has 0 fully saturated rings. The Kier molecular flexibility index (Phi) is 3.42. The van der Waals surface area contributed by atoms with Gasteiger partial charge in [0.1, 0.15) is 13.6 Å². The minimum Gasteiger partial charge on any atom is -0.182 e. The fraction of sp³-hybridized carbons (Fsp3) is 0.400. The Morgan fingerprint density at radius 2 is 1.77 bits per heavy atom. The molecule has 0 saturated carbocycles. The van der Waals surface area contributed by atoms with Crippen LogP contribution in [0.2, 0.25) is 0 Å². The lowest BCUT2D eigenvalue weighted by Crippen LogP contribution is -2.37. The number of nitrogens with zero attached hydrogens (tertiary/aromatic N) is 1. The summed E-state index contributed by atoms with van der Waals surface area (Å²) < 4.78 is 0. The van der Waals surface area contributed by atoms with E-state index in [1.807, 2.05) is 30.3 Å². The second kappa shape index (κ2) is 4.37. The van der Waals surface area contributed by atoms with Gasteiger partial charge < -0.3 is 0 Å². The SMILES string of the molecule is C[N+](O)(O)CCCc1ccccc1. The smallest absolute Gasteiger partial charge is 0.142 e. The summed E-state index contributed by atoms with van der Waals surface area (Å²) in [5, 5.41) is 18.0. The van der Waals surface area contributed by atoms with Crippen molar-refractivity contribution in [3.8, 4) is 0 Å². The third-order valence-electron chi connectivity index (χ3n) is 1.89. The highest BCUT2D eigenvalue weighted by Gasteiger charge is 2.12. The van der Waals surface area contributed by atoms with E-state index in [1.165, 1.54) is 12.6 Å². The molecule has 1 aromatic rings. The van der Waals surface area contributed by atoms with Crippen LogP contribution in [-0.2, 0) is 6.42 Å². The average molecular weight is 182 g/mol. The van der Waals surface area contributed by atoms with Crippen molar-refractivity contribution >= 4 is 0 Å². The fourth-order valence-electron chi connectivity index (χ4n) is 1.23. The van der Waals surface area contributed by atoms with Crippen LogP contribution < -0.4 is 0 Å². The van der Waals surface area contributed by atoms with Crippen molar-refractivity contribution in [1.29, 1.82) is 0 Å². The van der Waals surface area contributed by atoms with E-state index in [0.717, 1.165) is 12.8 Å². The van der Waals surface area contributed by atoms with Gasteiger partial charge in [0, 0.05) is 6.42 Å². The summed E-state index contributed by atoms with van der Waals surface area (Å²) in [6.07, 6.45) is 1.66. The molecule has 3 nitrogen and oxygen atoms in total. The largest absolute Gasteiger partial charge is 0.182 e. The van der Waals surface area contributed by atoms with Gasteiger partial charge in [-0.1, -0.05) is 35.1 Å². The highest BCUT2D eigenvalue weighted by Crippen LogP contribution is 2.03. The van der Waals surface area contributed by atoms with Gasteiger partial charge in [-0.2, -0.15) is 10.4 Å². The van der Waals surface area contributed by atoms with Gasteiger partial charge in [-0.25, -0.2) is 0 Å². The minimum atomic E-state index is -0.938. The number of benzene rings is 1. The first-order chi connectivity index (χ1) is 6.08. The highest BCUT2D eigenvalue weighted by atomic mass is 16.8. The molecule has 0 saturated heterocycles. The lowest BCUT2D eigenvalue weighted by atomic mass is 10.1. The van der Waals surface area contributed by atoms with Crippen molar-refractivity contribution in [2.75, 3.05) is 13.6 Å².